The van der Waals surface area contributed by atoms with E-state index in [4.69, 9.17) is 17.0 Å². The molecule has 1 atom stereocenters. The monoisotopic (exact) mass is 493 g/mol. The SMILES string of the molecule is N=C/N=C\C1=CC[C@H](C(F)F)n2cnc3cc(C(=O)Nc4ccc(OC(F)(F)Cl)cc4)cc1c32. The van der Waals surface area contributed by atoms with E-state index in [9.17, 15) is 22.4 Å². The summed E-state index contributed by atoms with van der Waals surface area (Å²) in [6, 6.07) is 6.98. The molecule has 34 heavy (non-hydrogen) atoms. The predicted molar refractivity (Wildman–Crippen MR) is 120 cm³/mol. The van der Waals surface area contributed by atoms with E-state index >= 15 is 0 Å². The Morgan fingerprint density at radius 2 is 2.06 bits per heavy atom. The fraction of sp³-hybridized carbons (Fsp3) is 0.182. The average molecular weight is 494 g/mol. The van der Waals surface area contributed by atoms with Crippen molar-refractivity contribution in [3.05, 3.63) is 59.9 Å². The van der Waals surface area contributed by atoms with Crippen LogP contribution in [0.4, 0.5) is 23.2 Å². The highest BCUT2D eigenvalue weighted by molar-refractivity contribution is 6.20. The van der Waals surface area contributed by atoms with Gasteiger partial charge in [0.1, 0.15) is 12.1 Å². The van der Waals surface area contributed by atoms with Crippen molar-refractivity contribution in [2.75, 3.05) is 5.32 Å². The van der Waals surface area contributed by atoms with Gasteiger partial charge in [-0.3, -0.25) is 10.2 Å². The largest absolute Gasteiger partial charge is 0.487 e. The maximum atomic E-state index is 13.7. The van der Waals surface area contributed by atoms with Gasteiger partial charge in [-0.2, -0.15) is 0 Å². The summed E-state index contributed by atoms with van der Waals surface area (Å²) in [5, 5.41) is 9.76. The van der Waals surface area contributed by atoms with E-state index in [0.717, 1.165) is 6.34 Å². The molecule has 4 rings (SSSR count). The number of imidazole rings is 1. The first-order valence-electron chi connectivity index (χ1n) is 9.85. The molecular formula is C22H16ClF4N5O2. The van der Waals surface area contributed by atoms with Crippen molar-refractivity contribution < 1.29 is 27.1 Å². The van der Waals surface area contributed by atoms with Crippen LogP contribution in [0.15, 0.2) is 53.8 Å². The minimum absolute atomic E-state index is 0.00839. The van der Waals surface area contributed by atoms with Crippen LogP contribution in [0.25, 0.3) is 16.6 Å². The van der Waals surface area contributed by atoms with Crippen molar-refractivity contribution in [2.24, 2.45) is 4.99 Å². The molecule has 0 fully saturated rings. The first-order chi connectivity index (χ1) is 16.2. The Kier molecular flexibility index (Phi) is 6.38. The molecule has 2 N–H and O–H groups in total. The number of ether oxygens (including phenoxy) is 1. The van der Waals surface area contributed by atoms with Gasteiger partial charge in [0.05, 0.1) is 23.4 Å². The third kappa shape index (κ3) is 4.93. The minimum Gasteiger partial charge on any atom is -0.420 e. The van der Waals surface area contributed by atoms with Gasteiger partial charge in [0.2, 0.25) is 0 Å². The van der Waals surface area contributed by atoms with E-state index < -0.39 is 23.9 Å². The Bertz CT molecular complexity index is 1300. The number of alkyl halides is 5. The quantitative estimate of drug-likeness (QED) is 0.190. The number of anilines is 1. The molecule has 0 saturated carbocycles. The Balaban J connectivity index is 1.69. The van der Waals surface area contributed by atoms with Crippen molar-refractivity contribution in [3.63, 3.8) is 0 Å². The summed E-state index contributed by atoms with van der Waals surface area (Å²) < 4.78 is 58.5. The van der Waals surface area contributed by atoms with Crippen molar-refractivity contribution in [2.45, 2.75) is 24.5 Å². The van der Waals surface area contributed by atoms with Crippen LogP contribution in [0.3, 0.4) is 0 Å². The molecular weight excluding hydrogens is 478 g/mol. The molecule has 0 saturated heterocycles. The molecule has 1 aromatic heterocycles. The topological polar surface area (TPSA) is 92.4 Å². The van der Waals surface area contributed by atoms with Crippen molar-refractivity contribution >= 4 is 52.4 Å². The number of nitrogens with one attached hydrogen (secondary N) is 2. The third-order valence-corrected chi connectivity index (χ3v) is 5.18. The summed E-state index contributed by atoms with van der Waals surface area (Å²) in [5.41, 5.74) is -1.70. The van der Waals surface area contributed by atoms with Crippen LogP contribution in [0.2, 0.25) is 0 Å². The van der Waals surface area contributed by atoms with Gasteiger partial charge in [0.25, 0.3) is 12.3 Å². The molecule has 2 heterocycles. The van der Waals surface area contributed by atoms with Crippen LogP contribution in [-0.2, 0) is 0 Å². The molecule has 0 bridgehead atoms. The van der Waals surface area contributed by atoms with Gasteiger partial charge in [0.15, 0.2) is 0 Å². The fourth-order valence-electron chi connectivity index (χ4n) is 3.65. The molecule has 176 valence electrons. The van der Waals surface area contributed by atoms with Gasteiger partial charge >= 0.3 is 5.57 Å². The highest BCUT2D eigenvalue weighted by atomic mass is 35.5. The Morgan fingerprint density at radius 3 is 2.71 bits per heavy atom. The number of carbonyl (C=O) groups excluding carboxylic acids is 1. The lowest BCUT2D eigenvalue weighted by molar-refractivity contribution is -0.0964. The van der Waals surface area contributed by atoms with E-state index in [1.54, 1.807) is 6.08 Å². The van der Waals surface area contributed by atoms with E-state index in [1.807, 2.05) is 0 Å². The second kappa shape index (κ2) is 9.26. The zero-order valence-electron chi connectivity index (χ0n) is 17.2. The summed E-state index contributed by atoms with van der Waals surface area (Å²) in [5.74, 6) is -0.735. The van der Waals surface area contributed by atoms with E-state index in [0.29, 0.717) is 27.9 Å². The highest BCUT2D eigenvalue weighted by Crippen LogP contribution is 2.35. The van der Waals surface area contributed by atoms with Crippen molar-refractivity contribution in [3.8, 4) is 5.75 Å². The molecule has 0 radical (unpaired) electrons. The average Bonchev–Trinajstić information content (AvgIpc) is 3.11. The number of aromatic nitrogens is 2. The second-order valence-corrected chi connectivity index (χ2v) is 7.71. The molecule has 12 heteroatoms. The summed E-state index contributed by atoms with van der Waals surface area (Å²) >= 11 is 4.74. The molecule has 2 aromatic carbocycles. The number of amides is 1. The van der Waals surface area contributed by atoms with Crippen LogP contribution >= 0.6 is 11.6 Å². The number of allylic oxidation sites excluding steroid dienone is 2. The summed E-state index contributed by atoms with van der Waals surface area (Å²) in [4.78, 5) is 20.9. The van der Waals surface area contributed by atoms with Gasteiger partial charge < -0.3 is 14.6 Å². The first kappa shape index (κ1) is 23.4. The number of hydrogen-bond donors (Lipinski definition) is 2. The fourth-order valence-corrected chi connectivity index (χ4v) is 3.74. The van der Waals surface area contributed by atoms with Gasteiger partial charge in [-0.15, -0.1) is 8.78 Å². The van der Waals surface area contributed by atoms with Crippen LogP contribution in [0, 0.1) is 5.41 Å². The van der Waals surface area contributed by atoms with E-state index in [1.165, 1.54) is 53.5 Å². The van der Waals surface area contributed by atoms with Gasteiger partial charge in [-0.05, 0) is 48.4 Å². The Hall–Kier alpha value is -3.73. The lowest BCUT2D eigenvalue weighted by Crippen LogP contribution is -2.16. The molecule has 0 aliphatic carbocycles. The zero-order valence-corrected chi connectivity index (χ0v) is 17.9. The summed E-state index contributed by atoms with van der Waals surface area (Å²) in [6.45, 7) is 0. The van der Waals surface area contributed by atoms with Gasteiger partial charge in [-0.25, -0.2) is 18.8 Å². The first-order valence-corrected chi connectivity index (χ1v) is 10.2. The standard InChI is InChI=1S/C22H16ClF4N5O2/c23-22(26,27)34-15-4-2-14(3-5-15)31-21(33)13-7-16-12(9-29-10-28)1-6-18(20(24)25)32-11-30-17(8-13)19(16)32/h1-5,7-11,18,20,28H,6H2,(H,31,33)/b28-10?,29-9-/t18-/m1/s1. The van der Waals surface area contributed by atoms with Gasteiger partial charge in [0, 0.05) is 34.6 Å². The number of rotatable bonds is 7. The van der Waals surface area contributed by atoms with Crippen LogP contribution in [-0.4, -0.2) is 40.0 Å². The number of aliphatic imine (C=N–C) groups is 1. The Morgan fingerprint density at radius 1 is 1.32 bits per heavy atom. The summed E-state index contributed by atoms with van der Waals surface area (Å²) in [7, 11) is 0. The highest BCUT2D eigenvalue weighted by Gasteiger charge is 2.29. The lowest BCUT2D eigenvalue weighted by Gasteiger charge is -2.16. The maximum Gasteiger partial charge on any atom is 0.487 e. The van der Waals surface area contributed by atoms with E-state index in [-0.39, 0.29) is 17.7 Å². The lowest BCUT2D eigenvalue weighted by atomic mass is 10.0. The molecule has 1 aliphatic heterocycles. The molecule has 3 aromatic rings. The Labute approximate surface area is 195 Å². The van der Waals surface area contributed by atoms with Gasteiger partial charge in [-0.1, -0.05) is 6.08 Å². The van der Waals surface area contributed by atoms with E-state index in [2.05, 4.69) is 20.0 Å². The summed E-state index contributed by atoms with van der Waals surface area (Å²) in [6.07, 6.45) is 2.43. The normalized spacial score (nSPS) is 15.9. The second-order valence-electron chi connectivity index (χ2n) is 7.27. The number of benzene rings is 2. The molecule has 1 amide bonds. The minimum atomic E-state index is -3.86. The number of hydrogen-bond acceptors (Lipinski definition) is 4. The zero-order chi connectivity index (χ0) is 24.5. The van der Waals surface area contributed by atoms with Crippen LogP contribution in [0.1, 0.15) is 28.4 Å². The smallest absolute Gasteiger partial charge is 0.420 e. The number of halogens is 5. The molecule has 7 nitrogen and oxygen atoms in total. The van der Waals surface area contributed by atoms with Crippen molar-refractivity contribution in [1.82, 2.24) is 9.55 Å². The number of carbonyl (C=O) groups is 1. The molecule has 0 spiro atoms. The number of nitrogens with zero attached hydrogens (tertiary/aromatic N) is 3. The predicted octanol–water partition coefficient (Wildman–Crippen LogP) is 5.73. The van der Waals surface area contributed by atoms with Crippen LogP contribution < -0.4 is 10.1 Å². The molecule has 0 unspecified atom stereocenters. The van der Waals surface area contributed by atoms with Crippen molar-refractivity contribution in [1.29, 1.82) is 5.41 Å². The molecule has 1 aliphatic rings. The van der Waals surface area contributed by atoms with Crippen LogP contribution in [0.5, 0.6) is 5.75 Å². The third-order valence-electron chi connectivity index (χ3n) is 5.10. The maximum absolute atomic E-state index is 13.7.